The van der Waals surface area contributed by atoms with Gasteiger partial charge in [-0.05, 0) is 12.1 Å². The lowest BCUT2D eigenvalue weighted by molar-refractivity contribution is 0.350. The SMILES string of the molecule is OCC#Cc1cccnc1Cl. The van der Waals surface area contributed by atoms with Gasteiger partial charge in [-0.3, -0.25) is 0 Å². The van der Waals surface area contributed by atoms with Gasteiger partial charge in [0.2, 0.25) is 0 Å². The molecule has 0 aliphatic heterocycles. The van der Waals surface area contributed by atoms with E-state index in [2.05, 4.69) is 16.8 Å². The molecule has 2 nitrogen and oxygen atoms in total. The molecule has 0 unspecified atom stereocenters. The van der Waals surface area contributed by atoms with Gasteiger partial charge in [-0.25, -0.2) is 4.98 Å². The van der Waals surface area contributed by atoms with Gasteiger partial charge >= 0.3 is 0 Å². The van der Waals surface area contributed by atoms with Crippen molar-refractivity contribution in [3.8, 4) is 11.8 Å². The number of nitrogens with zero attached hydrogens (tertiary/aromatic N) is 1. The van der Waals surface area contributed by atoms with Crippen LogP contribution in [-0.2, 0) is 0 Å². The summed E-state index contributed by atoms with van der Waals surface area (Å²) < 4.78 is 0. The van der Waals surface area contributed by atoms with Gasteiger partial charge in [-0.15, -0.1) is 0 Å². The first-order valence-corrected chi connectivity index (χ1v) is 3.42. The van der Waals surface area contributed by atoms with Crippen LogP contribution in [-0.4, -0.2) is 16.7 Å². The van der Waals surface area contributed by atoms with Gasteiger partial charge in [0.15, 0.2) is 0 Å². The van der Waals surface area contributed by atoms with Crippen LogP contribution in [0.3, 0.4) is 0 Å². The van der Waals surface area contributed by atoms with Gasteiger partial charge < -0.3 is 5.11 Å². The maximum Gasteiger partial charge on any atom is 0.144 e. The molecule has 3 heteroatoms. The second-order valence-electron chi connectivity index (χ2n) is 1.80. The number of halogens is 1. The average molecular weight is 168 g/mol. The monoisotopic (exact) mass is 167 g/mol. The van der Waals surface area contributed by atoms with Crippen molar-refractivity contribution in [3.63, 3.8) is 0 Å². The molecule has 0 spiro atoms. The summed E-state index contributed by atoms with van der Waals surface area (Å²) >= 11 is 5.66. The van der Waals surface area contributed by atoms with Crippen molar-refractivity contribution in [1.29, 1.82) is 0 Å². The van der Waals surface area contributed by atoms with Crippen molar-refractivity contribution < 1.29 is 5.11 Å². The number of pyridine rings is 1. The van der Waals surface area contributed by atoms with Crippen molar-refractivity contribution in [1.82, 2.24) is 4.98 Å². The van der Waals surface area contributed by atoms with E-state index in [-0.39, 0.29) is 6.61 Å². The molecule has 0 aliphatic carbocycles. The van der Waals surface area contributed by atoms with Crippen LogP contribution in [0.25, 0.3) is 0 Å². The molecule has 0 saturated carbocycles. The topological polar surface area (TPSA) is 33.1 Å². The van der Waals surface area contributed by atoms with E-state index in [0.717, 1.165) is 0 Å². The fraction of sp³-hybridized carbons (Fsp3) is 0.125. The third-order valence-electron chi connectivity index (χ3n) is 1.06. The molecular weight excluding hydrogens is 162 g/mol. The minimum Gasteiger partial charge on any atom is -0.384 e. The van der Waals surface area contributed by atoms with Crippen molar-refractivity contribution in [3.05, 3.63) is 29.0 Å². The molecule has 0 radical (unpaired) electrons. The lowest BCUT2D eigenvalue weighted by Crippen LogP contribution is -1.80. The Balaban J connectivity index is 2.95. The van der Waals surface area contributed by atoms with Gasteiger partial charge in [0.05, 0.1) is 5.56 Å². The van der Waals surface area contributed by atoms with Crippen molar-refractivity contribution in [2.24, 2.45) is 0 Å². The predicted octanol–water partition coefficient (Wildman–Crippen LogP) is 1.08. The van der Waals surface area contributed by atoms with Crippen LogP contribution < -0.4 is 0 Å². The molecule has 0 aliphatic rings. The fourth-order valence-electron chi connectivity index (χ4n) is 0.614. The van der Waals surface area contributed by atoms with E-state index in [1.165, 1.54) is 0 Å². The third kappa shape index (κ3) is 2.23. The molecule has 0 atom stereocenters. The first kappa shape index (κ1) is 8.06. The molecule has 11 heavy (non-hydrogen) atoms. The van der Waals surface area contributed by atoms with E-state index in [1.807, 2.05) is 0 Å². The molecule has 0 saturated heterocycles. The van der Waals surface area contributed by atoms with Gasteiger partial charge in [0.1, 0.15) is 11.8 Å². The Kier molecular flexibility index (Phi) is 2.91. The largest absolute Gasteiger partial charge is 0.384 e. The zero-order valence-corrected chi connectivity index (χ0v) is 6.47. The smallest absolute Gasteiger partial charge is 0.144 e. The number of aliphatic hydroxyl groups is 1. The maximum atomic E-state index is 8.38. The van der Waals surface area contributed by atoms with Crippen LogP contribution >= 0.6 is 11.6 Å². The van der Waals surface area contributed by atoms with Crippen LogP contribution in [0, 0.1) is 11.8 Å². The average Bonchev–Trinajstić information content (AvgIpc) is 2.03. The highest BCUT2D eigenvalue weighted by atomic mass is 35.5. The number of aliphatic hydroxyl groups excluding tert-OH is 1. The summed E-state index contributed by atoms with van der Waals surface area (Å²) in [5.74, 6) is 5.15. The van der Waals surface area contributed by atoms with Crippen LogP contribution in [0.2, 0.25) is 5.15 Å². The standard InChI is InChI=1S/C8H6ClNO/c9-8-7(4-2-6-11)3-1-5-10-8/h1,3,5,11H,6H2. The second kappa shape index (κ2) is 3.97. The van der Waals surface area contributed by atoms with E-state index >= 15 is 0 Å². The predicted molar refractivity (Wildman–Crippen MR) is 43.2 cm³/mol. The molecule has 0 aromatic carbocycles. The molecule has 1 N–H and O–H groups in total. The molecule has 1 aromatic rings. The molecule has 56 valence electrons. The maximum absolute atomic E-state index is 8.38. The molecule has 1 aromatic heterocycles. The number of hydrogen-bond donors (Lipinski definition) is 1. The Morgan fingerprint density at radius 2 is 2.45 bits per heavy atom. The van der Waals surface area contributed by atoms with Crippen molar-refractivity contribution in [2.75, 3.05) is 6.61 Å². The summed E-state index contributed by atoms with van der Waals surface area (Å²) in [6, 6.07) is 3.49. The highest BCUT2D eigenvalue weighted by Crippen LogP contribution is 2.08. The molecular formula is C8H6ClNO. The summed E-state index contributed by atoms with van der Waals surface area (Å²) in [5.41, 5.74) is 0.642. The van der Waals surface area contributed by atoms with Gasteiger partial charge in [0.25, 0.3) is 0 Å². The minimum atomic E-state index is -0.161. The molecule has 1 rings (SSSR count). The Labute approximate surface area is 69.8 Å². The summed E-state index contributed by atoms with van der Waals surface area (Å²) in [6.07, 6.45) is 1.59. The van der Waals surface area contributed by atoms with Gasteiger partial charge in [-0.1, -0.05) is 23.4 Å². The van der Waals surface area contributed by atoms with Crippen molar-refractivity contribution in [2.45, 2.75) is 0 Å². The van der Waals surface area contributed by atoms with E-state index in [4.69, 9.17) is 16.7 Å². The zero-order chi connectivity index (χ0) is 8.10. The van der Waals surface area contributed by atoms with Crippen LogP contribution in [0.5, 0.6) is 0 Å². The first-order valence-electron chi connectivity index (χ1n) is 3.05. The molecule has 0 fully saturated rings. The number of aromatic nitrogens is 1. The van der Waals surface area contributed by atoms with Crippen LogP contribution in [0.15, 0.2) is 18.3 Å². The Hall–Kier alpha value is -1.04. The quantitative estimate of drug-likeness (QED) is 0.463. The van der Waals surface area contributed by atoms with Crippen LogP contribution in [0.4, 0.5) is 0 Å². The number of rotatable bonds is 0. The van der Waals surface area contributed by atoms with E-state index in [1.54, 1.807) is 18.3 Å². The van der Waals surface area contributed by atoms with Crippen molar-refractivity contribution >= 4 is 11.6 Å². The van der Waals surface area contributed by atoms with E-state index in [9.17, 15) is 0 Å². The minimum absolute atomic E-state index is 0.161. The summed E-state index contributed by atoms with van der Waals surface area (Å²) in [7, 11) is 0. The highest BCUT2D eigenvalue weighted by Gasteiger charge is 1.93. The fourth-order valence-corrected chi connectivity index (χ4v) is 0.781. The number of hydrogen-bond acceptors (Lipinski definition) is 2. The second-order valence-corrected chi connectivity index (χ2v) is 2.16. The Bertz CT molecular complexity index is 300. The van der Waals surface area contributed by atoms with E-state index < -0.39 is 0 Å². The lowest BCUT2D eigenvalue weighted by Gasteiger charge is -1.90. The van der Waals surface area contributed by atoms with Gasteiger partial charge in [0, 0.05) is 6.20 Å². The molecule has 0 bridgehead atoms. The zero-order valence-electron chi connectivity index (χ0n) is 5.71. The van der Waals surface area contributed by atoms with Crippen LogP contribution in [0.1, 0.15) is 5.56 Å². The lowest BCUT2D eigenvalue weighted by atomic mass is 10.3. The summed E-state index contributed by atoms with van der Waals surface area (Å²) in [5, 5.41) is 8.75. The Morgan fingerprint density at radius 1 is 1.64 bits per heavy atom. The molecule has 1 heterocycles. The summed E-state index contributed by atoms with van der Waals surface area (Å²) in [6.45, 7) is -0.161. The molecule has 0 amide bonds. The van der Waals surface area contributed by atoms with E-state index in [0.29, 0.717) is 10.7 Å². The third-order valence-corrected chi connectivity index (χ3v) is 1.36. The van der Waals surface area contributed by atoms with Gasteiger partial charge in [-0.2, -0.15) is 0 Å². The summed E-state index contributed by atoms with van der Waals surface area (Å²) in [4.78, 5) is 3.81. The Morgan fingerprint density at radius 3 is 3.09 bits per heavy atom. The first-order chi connectivity index (χ1) is 5.34. The normalized spacial score (nSPS) is 8.55. The highest BCUT2D eigenvalue weighted by molar-refractivity contribution is 6.30.